The molecule has 0 saturated heterocycles. The Kier molecular flexibility index (Phi) is 26.6. The van der Waals surface area contributed by atoms with E-state index in [2.05, 4.69) is 119 Å². The molecular formula is C119H179N5O7. The molecule has 24 rings (SSSR count). The Morgan fingerprint density at radius 1 is 0.305 bits per heavy atom. The number of aliphatic hydroxyl groups excluding tert-OH is 6. The molecule has 22 saturated carbocycles. The zero-order chi connectivity index (χ0) is 92.3. The van der Waals surface area contributed by atoms with Crippen molar-refractivity contribution < 1.29 is 35.4 Å². The van der Waals surface area contributed by atoms with Gasteiger partial charge in [-0.05, 0) is 530 Å². The van der Waals surface area contributed by atoms with E-state index in [4.69, 9.17) is 5.26 Å². The zero-order valence-corrected chi connectivity index (χ0v) is 83.9. The summed E-state index contributed by atoms with van der Waals surface area (Å²) in [7, 11) is 0. The lowest BCUT2D eigenvalue weighted by atomic mass is 9.45. The lowest BCUT2D eigenvalue weighted by Crippen LogP contribution is -2.53. The smallest absolute Gasteiger partial charge is 0.139 e. The van der Waals surface area contributed by atoms with Crippen molar-refractivity contribution >= 4 is 5.78 Å². The Balaban J connectivity index is 0.000000102. The number of rotatable bonds is 0. The molecule has 24 aliphatic rings. The summed E-state index contributed by atoms with van der Waals surface area (Å²) in [6.45, 7) is 27.2. The molecule has 0 amide bonds. The molecule has 12 heteroatoms. The van der Waals surface area contributed by atoms with Crippen molar-refractivity contribution in [3.63, 3.8) is 0 Å². The molecule has 0 aromatic carbocycles. The van der Waals surface area contributed by atoms with Crippen LogP contribution < -0.4 is 0 Å². The third kappa shape index (κ3) is 16.8. The molecule has 0 unspecified atom stereocenters. The van der Waals surface area contributed by atoms with Gasteiger partial charge in [0.05, 0.1) is 67.0 Å². The summed E-state index contributed by atoms with van der Waals surface area (Å²) in [4.78, 5) is 12.3. The van der Waals surface area contributed by atoms with Crippen LogP contribution in [0.2, 0.25) is 0 Å². The summed E-state index contributed by atoms with van der Waals surface area (Å²) < 4.78 is 0. The molecule has 0 aromatic rings. The maximum absolute atomic E-state index is 12.3. The van der Waals surface area contributed by atoms with Crippen molar-refractivity contribution in [2.45, 2.75) is 447 Å². The predicted octanol–water partition coefficient (Wildman–Crippen LogP) is 26.4. The van der Waals surface area contributed by atoms with E-state index in [0.717, 1.165) is 283 Å². The van der Waals surface area contributed by atoms with Crippen molar-refractivity contribution in [3.8, 4) is 30.3 Å². The van der Waals surface area contributed by atoms with Crippen molar-refractivity contribution in [2.24, 2.45) is 219 Å². The van der Waals surface area contributed by atoms with Gasteiger partial charge in [0, 0.05) is 40.9 Å². The number of nitriles is 5. The molecule has 12 nitrogen and oxygen atoms in total. The fourth-order valence-corrected chi connectivity index (χ4v) is 42.5. The maximum Gasteiger partial charge on any atom is 0.139 e. The maximum atomic E-state index is 12.3. The summed E-state index contributed by atoms with van der Waals surface area (Å²) in [5, 5.41) is 107. The summed E-state index contributed by atoms with van der Waals surface area (Å²) in [5.41, 5.74) is 7.70. The zero-order valence-electron chi connectivity index (χ0n) is 83.9. The fourth-order valence-electron chi connectivity index (χ4n) is 42.5. The fraction of sp³-hybridized carbons (Fsp3) is 0.899. The van der Waals surface area contributed by atoms with Gasteiger partial charge >= 0.3 is 0 Å². The number of carbonyl (C=O) groups is 1. The molecule has 131 heavy (non-hydrogen) atoms. The molecule has 24 aliphatic carbocycles. The van der Waals surface area contributed by atoms with Crippen LogP contribution in [-0.2, 0) is 4.79 Å². The van der Waals surface area contributed by atoms with Crippen LogP contribution in [0.5, 0.6) is 0 Å². The van der Waals surface area contributed by atoms with Crippen LogP contribution in [-0.4, -0.2) is 73.0 Å². The molecule has 44 atom stereocenters. The number of allylic oxidation sites excluding steroid dienone is 6. The van der Waals surface area contributed by atoms with Crippen molar-refractivity contribution in [3.05, 3.63) is 34.9 Å². The summed E-state index contributed by atoms with van der Waals surface area (Å²) in [6, 6.07) is 12.3. The van der Waals surface area contributed by atoms with Crippen LogP contribution in [0.1, 0.15) is 410 Å². The largest absolute Gasteiger partial charge is 0.393 e. The van der Waals surface area contributed by atoms with Gasteiger partial charge in [-0.15, -0.1) is 0 Å². The third-order valence-corrected chi connectivity index (χ3v) is 49.7. The van der Waals surface area contributed by atoms with Crippen molar-refractivity contribution in [1.82, 2.24) is 0 Å². The second-order valence-corrected chi connectivity index (χ2v) is 55.2. The SMILES string of the molecule is C[C@@]12CC[C@@H]3[C@H](CC[C@@H]4C[C@@H](O)CC[C@]43C)[C@H]1C[C@@H](C#N)C2.C[C@@]12CC[C@@H]3[C@H](CC[C@H]4C[C@@H](O)CC[C@]43C)[C@H]1C/C(=C/C#N)C2.C[C@@]12CC[C@@H]3[C@H](CC[C@H]4C[C@@H](O)CC[C@]43C)[C@H]1C[C@@H](C#N)C2.C[C@@]12CC[C@H](O)C[C@@H]1CC[C@H]1[C@H]2CC[C@@]2(C)C=C(C#N)C[C@H]12.C[C@@]12CC[C@H](O)C[C@H]1CC[C@H]1[C@H]2CC[C@@]2(C)C=C(C#N)C[C@H]12.C[C@@]12CC[C@H]3[C@@H]4CC[C@H](O)C[C@H]4CC[C@@H]3[C@H]1CCC2=O. The Hall–Kier alpha value is -3.90. The average molecular weight is 1790 g/mol. The number of hydrogen-bond donors (Lipinski definition) is 6. The van der Waals surface area contributed by atoms with Gasteiger partial charge in [0.15, 0.2) is 0 Å². The molecule has 0 bridgehead atoms. The van der Waals surface area contributed by atoms with E-state index < -0.39 is 0 Å². The molecule has 722 valence electrons. The number of nitrogens with zero attached hydrogens (tertiary/aromatic N) is 5. The minimum Gasteiger partial charge on any atom is -0.393 e. The van der Waals surface area contributed by atoms with E-state index in [0.29, 0.717) is 78.7 Å². The highest BCUT2D eigenvalue weighted by molar-refractivity contribution is 5.87. The highest BCUT2D eigenvalue weighted by Gasteiger charge is 2.67. The standard InChI is InChI=1S/C21H31NO.2C20H31NO.2C20H29NO.C18H28O2/c1-20-8-6-18-17(19(20)11-14(13-20)7-10-22)4-3-15-12-16(23)5-9-21(15,18)2;4*1-19-7-6-17-16(18(19)9-13(11-19)12-21)4-3-14-10-15(22)5-8-20(14,17)2;1-18-9-8-14-13-5-3-12(19)10-11(13)2-4-15(14)16(18)6-7-17(18)20/h7,15-19,23H,3-6,8-9,11-13H2,1-2H3;2*13-18,22H,3-11H2,1-2H3;2*11,14-18,22H,3-10H2,1-2H3;11-16,19H,2-10H2,1H3/b14-7-;;;;;/t15-,16-,17-,18+,19+,20-,21+;13-,14+,15+,16+,17-,18-,19+,20-;13-,14-,15+,16+,17-,18-,19+,20-;14-,15+,16+,17-,18-,19+,20-;14-,15-,16-,17+,18+,19-,20+;11-,12+,13-,14+,15+,16-,18-/m011101/s1. The van der Waals surface area contributed by atoms with Crippen molar-refractivity contribution in [2.75, 3.05) is 0 Å². The molecule has 0 aliphatic heterocycles. The molecule has 6 N–H and O–H groups in total. The Morgan fingerprint density at radius 3 is 1.04 bits per heavy atom. The molecule has 0 aromatic heterocycles. The van der Waals surface area contributed by atoms with E-state index in [1.54, 1.807) is 0 Å². The normalized spacial score (nSPS) is 55.2. The molecule has 0 radical (unpaired) electrons. The summed E-state index contributed by atoms with van der Waals surface area (Å²) in [6.07, 6.45) is 68.5. The Bertz CT molecular complexity index is 4220. The topological polar surface area (TPSA) is 257 Å². The van der Waals surface area contributed by atoms with Crippen LogP contribution in [0.25, 0.3) is 0 Å². The van der Waals surface area contributed by atoms with Crippen LogP contribution in [0, 0.1) is 276 Å². The van der Waals surface area contributed by atoms with Gasteiger partial charge in [0.1, 0.15) is 5.78 Å². The van der Waals surface area contributed by atoms with Crippen LogP contribution in [0.15, 0.2) is 34.9 Å². The highest BCUT2D eigenvalue weighted by atomic mass is 16.3. The summed E-state index contributed by atoms with van der Waals surface area (Å²) in [5.74, 6) is 21.0. The lowest BCUT2D eigenvalue weighted by Gasteiger charge is -2.60. The number of hydrogen-bond acceptors (Lipinski definition) is 12. The minimum absolute atomic E-state index is 0.0299. The summed E-state index contributed by atoms with van der Waals surface area (Å²) >= 11 is 0. The van der Waals surface area contributed by atoms with E-state index >= 15 is 0 Å². The Morgan fingerprint density at radius 2 is 0.656 bits per heavy atom. The van der Waals surface area contributed by atoms with Gasteiger partial charge in [-0.1, -0.05) is 93.9 Å². The first-order chi connectivity index (χ1) is 62.4. The quantitative estimate of drug-likeness (QED) is 0.124. The third-order valence-electron chi connectivity index (χ3n) is 49.7. The monoisotopic (exact) mass is 1790 g/mol. The van der Waals surface area contributed by atoms with E-state index in [1.165, 1.54) is 198 Å². The van der Waals surface area contributed by atoms with Gasteiger partial charge in [0.25, 0.3) is 0 Å². The van der Waals surface area contributed by atoms with Gasteiger partial charge < -0.3 is 30.6 Å². The molecule has 0 spiro atoms. The first-order valence-corrected chi connectivity index (χ1v) is 56.1. The second-order valence-electron chi connectivity index (χ2n) is 55.2. The van der Waals surface area contributed by atoms with E-state index in [9.17, 15) is 56.5 Å². The van der Waals surface area contributed by atoms with E-state index in [-0.39, 0.29) is 52.9 Å². The number of Topliss-reactive ketones (excluding diaryl/α,β-unsaturated/α-hetero) is 1. The number of ketones is 1. The number of fused-ring (bicyclic) bond motifs is 30. The van der Waals surface area contributed by atoms with Gasteiger partial charge in [-0.2, -0.15) is 26.3 Å². The van der Waals surface area contributed by atoms with Crippen molar-refractivity contribution in [1.29, 1.82) is 26.3 Å². The van der Waals surface area contributed by atoms with Gasteiger partial charge in [-0.25, -0.2) is 0 Å². The molecule has 22 fully saturated rings. The van der Waals surface area contributed by atoms with Crippen LogP contribution in [0.4, 0.5) is 0 Å². The Labute approximate surface area is 794 Å². The first kappa shape index (κ1) is 96.0. The average Bonchev–Trinajstić information content (AvgIpc) is 1.48. The van der Waals surface area contributed by atoms with Crippen LogP contribution >= 0.6 is 0 Å². The lowest BCUT2D eigenvalue weighted by molar-refractivity contribution is -0.133. The minimum atomic E-state index is -0.0539. The van der Waals surface area contributed by atoms with Gasteiger partial charge in [0.2, 0.25) is 0 Å². The van der Waals surface area contributed by atoms with Crippen LogP contribution in [0.3, 0.4) is 0 Å². The second kappa shape index (κ2) is 36.3. The number of aliphatic hydroxyl groups is 6. The number of carbonyl (C=O) groups excluding carboxylic acids is 1. The highest BCUT2D eigenvalue weighted by Crippen LogP contribution is 2.74. The van der Waals surface area contributed by atoms with Gasteiger partial charge in [-0.3, -0.25) is 4.79 Å². The molecule has 0 heterocycles. The molecular weight excluding hydrogens is 1610 g/mol. The first-order valence-electron chi connectivity index (χ1n) is 56.1. The predicted molar refractivity (Wildman–Crippen MR) is 517 cm³/mol. The van der Waals surface area contributed by atoms with E-state index in [1.807, 2.05) is 6.08 Å².